The van der Waals surface area contributed by atoms with Crippen LogP contribution in [0.5, 0.6) is 0 Å². The van der Waals surface area contributed by atoms with Gasteiger partial charge in [0, 0.05) is 15.4 Å². The molecular weight excluding hydrogens is 425 g/mol. The highest BCUT2D eigenvalue weighted by atomic mass is 79.9. The smallest absolute Gasteiger partial charge is 0.235 e. The second-order valence-corrected chi connectivity index (χ2v) is 7.08. The van der Waals surface area contributed by atoms with E-state index in [1.807, 2.05) is 30.3 Å². The summed E-state index contributed by atoms with van der Waals surface area (Å²) in [6, 6.07) is 14.6. The number of thiazole rings is 1. The van der Waals surface area contributed by atoms with E-state index < -0.39 is 11.7 Å². The van der Waals surface area contributed by atoms with Crippen molar-refractivity contribution in [2.45, 2.75) is 6.18 Å². The number of nitrogens with zero attached hydrogens (tertiary/aromatic N) is 2. The summed E-state index contributed by atoms with van der Waals surface area (Å²) in [5.41, 5.74) is 0.770. The average molecular weight is 435 g/mol. The second kappa shape index (κ2) is 7.44. The van der Waals surface area contributed by atoms with Gasteiger partial charge in [0.15, 0.2) is 0 Å². The molecule has 0 saturated heterocycles. The normalized spacial score (nSPS) is 12.0. The number of benzene rings is 2. The van der Waals surface area contributed by atoms with Crippen LogP contribution in [-0.2, 0) is 6.18 Å². The molecule has 2 aromatic carbocycles. The fourth-order valence-corrected chi connectivity index (χ4v) is 3.55. The molecule has 0 spiro atoms. The fourth-order valence-electron chi connectivity index (χ4n) is 2.36. The zero-order valence-corrected chi connectivity index (χ0v) is 15.5. The van der Waals surface area contributed by atoms with Crippen LogP contribution in [0.15, 0.2) is 58.4 Å². The summed E-state index contributed by atoms with van der Waals surface area (Å²) in [7, 11) is 0. The summed E-state index contributed by atoms with van der Waals surface area (Å²) in [4.78, 5) is 4.41. The van der Waals surface area contributed by atoms with Crippen LogP contribution in [0.3, 0.4) is 0 Å². The number of halogens is 4. The molecule has 0 atom stereocenters. The van der Waals surface area contributed by atoms with Crippen molar-refractivity contribution in [3.05, 3.63) is 74.5 Å². The lowest BCUT2D eigenvalue weighted by molar-refractivity contribution is -0.137. The molecule has 0 aliphatic rings. The number of nitriles is 1. The molecule has 0 saturated carbocycles. The average Bonchev–Trinajstić information content (AvgIpc) is 3.09. The molecule has 0 unspecified atom stereocenters. The topological polar surface area (TPSA) is 36.7 Å². The molecule has 130 valence electrons. The zero-order chi connectivity index (χ0) is 18.7. The van der Waals surface area contributed by atoms with Gasteiger partial charge in [0.25, 0.3) is 0 Å². The van der Waals surface area contributed by atoms with E-state index in [1.54, 1.807) is 5.38 Å². The van der Waals surface area contributed by atoms with Crippen LogP contribution in [-0.4, -0.2) is 4.98 Å². The quantitative estimate of drug-likeness (QED) is 0.432. The van der Waals surface area contributed by atoms with E-state index in [4.69, 9.17) is 0 Å². The van der Waals surface area contributed by atoms with Crippen molar-refractivity contribution in [1.29, 1.82) is 5.26 Å². The van der Waals surface area contributed by atoms with Crippen LogP contribution < -0.4 is 0 Å². The second-order valence-electron chi connectivity index (χ2n) is 5.30. The van der Waals surface area contributed by atoms with E-state index in [0.717, 1.165) is 16.1 Å². The van der Waals surface area contributed by atoms with E-state index in [2.05, 4.69) is 20.9 Å². The molecule has 3 aromatic rings. The lowest BCUT2D eigenvalue weighted by Crippen LogP contribution is -2.07. The van der Waals surface area contributed by atoms with Crippen molar-refractivity contribution in [1.82, 2.24) is 4.98 Å². The SMILES string of the molecule is N#C/C(=C\c1ccccc1C(F)(F)F)c1nc(-c2cccc(Br)c2)cs1. The first kappa shape index (κ1) is 18.4. The maximum absolute atomic E-state index is 13.1. The Morgan fingerprint density at radius 2 is 1.92 bits per heavy atom. The third-order valence-corrected chi connectivity index (χ3v) is 4.91. The molecule has 1 heterocycles. The third-order valence-electron chi connectivity index (χ3n) is 3.54. The first-order valence-electron chi connectivity index (χ1n) is 7.38. The van der Waals surface area contributed by atoms with E-state index in [-0.39, 0.29) is 11.1 Å². The van der Waals surface area contributed by atoms with Gasteiger partial charge in [-0.3, -0.25) is 0 Å². The zero-order valence-electron chi connectivity index (χ0n) is 13.1. The molecule has 7 heteroatoms. The number of rotatable bonds is 3. The Labute approximate surface area is 160 Å². The molecule has 0 aliphatic heterocycles. The van der Waals surface area contributed by atoms with Crippen molar-refractivity contribution in [3.8, 4) is 17.3 Å². The molecule has 0 bridgehead atoms. The van der Waals surface area contributed by atoms with Crippen LogP contribution in [0.25, 0.3) is 22.9 Å². The van der Waals surface area contributed by atoms with Gasteiger partial charge in [-0.2, -0.15) is 18.4 Å². The Balaban J connectivity index is 2.02. The summed E-state index contributed by atoms with van der Waals surface area (Å²) in [5, 5.41) is 11.6. The van der Waals surface area contributed by atoms with Crippen LogP contribution in [0.1, 0.15) is 16.1 Å². The van der Waals surface area contributed by atoms with Gasteiger partial charge in [0.2, 0.25) is 0 Å². The number of allylic oxidation sites excluding steroid dienone is 1. The molecule has 0 fully saturated rings. The standard InChI is InChI=1S/C19H10BrF3N2S/c20-15-6-3-5-13(9-15)17-11-26-18(25-17)14(10-24)8-12-4-1-2-7-16(12)19(21,22)23/h1-9,11H/b14-8+. The molecular formula is C19H10BrF3N2S. The highest BCUT2D eigenvalue weighted by Gasteiger charge is 2.32. The predicted molar refractivity (Wildman–Crippen MR) is 100 cm³/mol. The van der Waals surface area contributed by atoms with E-state index in [9.17, 15) is 18.4 Å². The van der Waals surface area contributed by atoms with Crippen LogP contribution in [0.4, 0.5) is 13.2 Å². The van der Waals surface area contributed by atoms with E-state index >= 15 is 0 Å². The lowest BCUT2D eigenvalue weighted by Gasteiger charge is -2.09. The van der Waals surface area contributed by atoms with Crippen molar-refractivity contribution in [2.24, 2.45) is 0 Å². The number of hydrogen-bond donors (Lipinski definition) is 0. The minimum Gasteiger partial charge on any atom is -0.235 e. The summed E-state index contributed by atoms with van der Waals surface area (Å²) in [5.74, 6) is 0. The minimum absolute atomic E-state index is 0.0595. The third kappa shape index (κ3) is 4.03. The van der Waals surface area contributed by atoms with Gasteiger partial charge in [0.1, 0.15) is 11.1 Å². The lowest BCUT2D eigenvalue weighted by atomic mass is 10.0. The van der Waals surface area contributed by atoms with Crippen molar-refractivity contribution in [2.75, 3.05) is 0 Å². The van der Waals surface area contributed by atoms with Gasteiger partial charge in [-0.25, -0.2) is 4.98 Å². The van der Waals surface area contributed by atoms with Gasteiger partial charge in [0.05, 0.1) is 16.8 Å². The van der Waals surface area contributed by atoms with Gasteiger partial charge >= 0.3 is 6.18 Å². The van der Waals surface area contributed by atoms with Crippen LogP contribution in [0.2, 0.25) is 0 Å². The van der Waals surface area contributed by atoms with Crippen molar-refractivity contribution in [3.63, 3.8) is 0 Å². The Kier molecular flexibility index (Phi) is 5.25. The summed E-state index contributed by atoms with van der Waals surface area (Å²) < 4.78 is 40.3. The highest BCUT2D eigenvalue weighted by Crippen LogP contribution is 2.34. The van der Waals surface area contributed by atoms with Crippen molar-refractivity contribution < 1.29 is 13.2 Å². The Bertz CT molecular complexity index is 1020. The Morgan fingerprint density at radius 3 is 2.62 bits per heavy atom. The van der Waals surface area contributed by atoms with Crippen LogP contribution >= 0.6 is 27.3 Å². The minimum atomic E-state index is -4.49. The van der Waals surface area contributed by atoms with E-state index in [1.165, 1.54) is 35.6 Å². The predicted octanol–water partition coefficient (Wildman–Crippen LogP) is 6.66. The molecule has 1 aromatic heterocycles. The highest BCUT2D eigenvalue weighted by molar-refractivity contribution is 9.10. The fraction of sp³-hybridized carbons (Fsp3) is 0.0526. The summed E-state index contributed by atoms with van der Waals surface area (Å²) in [6.45, 7) is 0. The molecule has 3 rings (SSSR count). The monoisotopic (exact) mass is 434 g/mol. The molecule has 0 radical (unpaired) electrons. The summed E-state index contributed by atoms with van der Waals surface area (Å²) >= 11 is 4.60. The largest absolute Gasteiger partial charge is 0.416 e. The summed E-state index contributed by atoms with van der Waals surface area (Å²) in [6.07, 6.45) is -3.26. The van der Waals surface area contributed by atoms with Gasteiger partial charge in [-0.15, -0.1) is 11.3 Å². The van der Waals surface area contributed by atoms with E-state index in [0.29, 0.717) is 10.7 Å². The van der Waals surface area contributed by atoms with Gasteiger partial charge < -0.3 is 0 Å². The maximum Gasteiger partial charge on any atom is 0.416 e. The van der Waals surface area contributed by atoms with Crippen molar-refractivity contribution >= 4 is 38.9 Å². The van der Waals surface area contributed by atoms with Gasteiger partial charge in [-0.05, 0) is 29.8 Å². The number of hydrogen-bond acceptors (Lipinski definition) is 3. The molecule has 26 heavy (non-hydrogen) atoms. The molecule has 0 N–H and O–H groups in total. The van der Waals surface area contributed by atoms with Gasteiger partial charge in [-0.1, -0.05) is 46.3 Å². The first-order chi connectivity index (χ1) is 12.4. The molecule has 2 nitrogen and oxygen atoms in total. The Morgan fingerprint density at radius 1 is 1.15 bits per heavy atom. The number of alkyl halides is 3. The first-order valence-corrected chi connectivity index (χ1v) is 9.05. The Hall–Kier alpha value is -2.43. The molecule has 0 amide bonds. The van der Waals surface area contributed by atoms with Crippen LogP contribution in [0, 0.1) is 11.3 Å². The number of aromatic nitrogens is 1. The molecule has 0 aliphatic carbocycles. The maximum atomic E-state index is 13.1.